The molecule has 0 unspecified atom stereocenters. The summed E-state index contributed by atoms with van der Waals surface area (Å²) in [6.07, 6.45) is 7.86. The van der Waals surface area contributed by atoms with Crippen LogP contribution in [-0.2, 0) is 5.41 Å². The van der Waals surface area contributed by atoms with Crippen molar-refractivity contribution in [1.29, 1.82) is 0 Å². The molecule has 0 spiro atoms. The third kappa shape index (κ3) is 2.75. The highest BCUT2D eigenvalue weighted by atomic mass is 19.1. The highest BCUT2D eigenvalue weighted by molar-refractivity contribution is 5.59. The molecule has 0 aliphatic heterocycles. The summed E-state index contributed by atoms with van der Waals surface area (Å²) < 4.78 is 15.8. The van der Waals surface area contributed by atoms with Gasteiger partial charge in [0, 0.05) is 22.9 Å². The second-order valence-electron chi connectivity index (χ2n) is 9.72. The number of rotatable bonds is 3. The molecule has 4 aliphatic carbocycles. The summed E-state index contributed by atoms with van der Waals surface area (Å²) in [6, 6.07) is 7.14. The van der Waals surface area contributed by atoms with Crippen molar-refractivity contribution in [2.75, 3.05) is 5.32 Å². The number of hydrogen-bond donors (Lipinski definition) is 1. The van der Waals surface area contributed by atoms with Gasteiger partial charge in [-0.3, -0.25) is 0 Å². The van der Waals surface area contributed by atoms with Gasteiger partial charge in [-0.25, -0.2) is 9.37 Å². The van der Waals surface area contributed by atoms with Crippen molar-refractivity contribution in [2.45, 2.75) is 57.8 Å². The molecule has 2 heterocycles. The van der Waals surface area contributed by atoms with Gasteiger partial charge in [0.2, 0.25) is 0 Å². The Kier molecular flexibility index (Phi) is 3.59. The van der Waals surface area contributed by atoms with Gasteiger partial charge in [0.25, 0.3) is 5.78 Å². The van der Waals surface area contributed by atoms with Crippen LogP contribution < -0.4 is 5.32 Å². The minimum atomic E-state index is -0.218. The molecule has 4 aliphatic rings. The number of nitrogens with zero attached hydrogens (tertiary/aromatic N) is 4. The summed E-state index contributed by atoms with van der Waals surface area (Å²) in [5.41, 5.74) is 2.34. The average Bonchev–Trinajstić information content (AvgIpc) is 3.09. The van der Waals surface area contributed by atoms with Crippen LogP contribution in [0.4, 0.5) is 15.9 Å². The molecule has 4 fully saturated rings. The largest absolute Gasteiger partial charge is 0.340 e. The standard InChI is InChI=1S/C23H26FN5/c1-13-3-4-18(9-19(13)24)26-20-5-14(2)25-22-27-21(28-29(20)22)23-10-15-6-16(11-23)8-17(7-15)12-23/h3-5,9,15-17,26H,6-8,10-12H2,1-2H3. The van der Waals surface area contributed by atoms with Gasteiger partial charge in [-0.15, -0.1) is 5.10 Å². The molecule has 0 saturated heterocycles. The molecular formula is C23H26FN5. The normalized spacial score (nSPS) is 30.2. The van der Waals surface area contributed by atoms with Gasteiger partial charge in [0.1, 0.15) is 11.6 Å². The number of aromatic nitrogens is 4. The molecule has 2 aromatic heterocycles. The van der Waals surface area contributed by atoms with Crippen LogP contribution in [0.3, 0.4) is 0 Å². The van der Waals surface area contributed by atoms with E-state index in [0.717, 1.165) is 35.1 Å². The van der Waals surface area contributed by atoms with Gasteiger partial charge < -0.3 is 5.32 Å². The van der Waals surface area contributed by atoms with Crippen molar-refractivity contribution < 1.29 is 4.39 Å². The third-order valence-corrected chi connectivity index (χ3v) is 7.40. The SMILES string of the molecule is Cc1cc(Nc2ccc(C)c(F)c2)n2nc(C34CC5CC(CC(C5)C3)C4)nc2n1. The molecule has 150 valence electrons. The molecule has 1 N–H and O–H groups in total. The Morgan fingerprint density at radius 1 is 1.00 bits per heavy atom. The first-order valence-corrected chi connectivity index (χ1v) is 10.8. The predicted octanol–water partition coefficient (Wildman–Crippen LogP) is 5.09. The van der Waals surface area contributed by atoms with Crippen LogP contribution >= 0.6 is 0 Å². The molecule has 3 aromatic rings. The summed E-state index contributed by atoms with van der Waals surface area (Å²) in [6.45, 7) is 3.73. The number of fused-ring (bicyclic) bond motifs is 1. The molecule has 0 radical (unpaired) electrons. The van der Waals surface area contributed by atoms with Crippen LogP contribution in [0.5, 0.6) is 0 Å². The maximum absolute atomic E-state index is 14.0. The summed E-state index contributed by atoms with van der Waals surface area (Å²) in [5, 5.41) is 8.29. The average molecular weight is 391 g/mol. The molecule has 6 heteroatoms. The van der Waals surface area contributed by atoms with E-state index < -0.39 is 0 Å². The van der Waals surface area contributed by atoms with Gasteiger partial charge in [0.05, 0.1) is 0 Å². The molecule has 0 amide bonds. The van der Waals surface area contributed by atoms with E-state index in [4.69, 9.17) is 10.1 Å². The number of anilines is 2. The quantitative estimate of drug-likeness (QED) is 0.675. The second kappa shape index (κ2) is 6.00. The highest BCUT2D eigenvalue weighted by Gasteiger charge is 2.53. The molecule has 7 rings (SSSR count). The fraction of sp³-hybridized carbons (Fsp3) is 0.522. The Morgan fingerprint density at radius 3 is 2.34 bits per heavy atom. The smallest absolute Gasteiger partial charge is 0.254 e. The third-order valence-electron chi connectivity index (χ3n) is 7.40. The van der Waals surface area contributed by atoms with Gasteiger partial charge in [-0.1, -0.05) is 6.07 Å². The molecule has 1 aromatic carbocycles. The van der Waals surface area contributed by atoms with Crippen LogP contribution in [0.2, 0.25) is 0 Å². The molecule has 4 bridgehead atoms. The minimum absolute atomic E-state index is 0.129. The lowest BCUT2D eigenvalue weighted by molar-refractivity contribution is -0.00925. The van der Waals surface area contributed by atoms with E-state index in [1.165, 1.54) is 44.6 Å². The summed E-state index contributed by atoms with van der Waals surface area (Å²) in [4.78, 5) is 9.56. The van der Waals surface area contributed by atoms with E-state index in [1.807, 2.05) is 19.1 Å². The van der Waals surface area contributed by atoms with Crippen LogP contribution in [-0.4, -0.2) is 19.6 Å². The molecule has 29 heavy (non-hydrogen) atoms. The Hall–Kier alpha value is -2.50. The molecule has 0 atom stereocenters. The van der Waals surface area contributed by atoms with Gasteiger partial charge in [-0.2, -0.15) is 9.50 Å². The minimum Gasteiger partial charge on any atom is -0.340 e. The highest BCUT2D eigenvalue weighted by Crippen LogP contribution is 2.60. The number of hydrogen-bond acceptors (Lipinski definition) is 4. The van der Waals surface area contributed by atoms with E-state index in [0.29, 0.717) is 17.0 Å². The number of aryl methyl sites for hydroxylation is 2. The Labute approximate surface area is 169 Å². The van der Waals surface area contributed by atoms with Crippen LogP contribution in [0.1, 0.15) is 55.6 Å². The zero-order valence-corrected chi connectivity index (χ0v) is 17.0. The monoisotopic (exact) mass is 391 g/mol. The first-order valence-electron chi connectivity index (χ1n) is 10.8. The topological polar surface area (TPSA) is 55.1 Å². The molecule has 4 saturated carbocycles. The lowest BCUT2D eigenvalue weighted by Gasteiger charge is -2.55. The lowest BCUT2D eigenvalue weighted by atomic mass is 9.49. The lowest BCUT2D eigenvalue weighted by Crippen LogP contribution is -2.49. The summed E-state index contributed by atoms with van der Waals surface area (Å²) >= 11 is 0. The summed E-state index contributed by atoms with van der Waals surface area (Å²) in [5.74, 6) is 4.69. The first-order chi connectivity index (χ1) is 14.0. The predicted molar refractivity (Wildman–Crippen MR) is 110 cm³/mol. The van der Waals surface area contributed by atoms with Gasteiger partial charge in [0.15, 0.2) is 5.82 Å². The van der Waals surface area contributed by atoms with Crippen LogP contribution in [0, 0.1) is 37.4 Å². The first kappa shape index (κ1) is 17.4. The fourth-order valence-corrected chi connectivity index (χ4v) is 6.50. The van der Waals surface area contributed by atoms with E-state index in [9.17, 15) is 4.39 Å². The Balaban J connectivity index is 1.42. The Morgan fingerprint density at radius 2 is 1.69 bits per heavy atom. The van der Waals surface area contributed by atoms with Gasteiger partial charge >= 0.3 is 0 Å². The van der Waals surface area contributed by atoms with Crippen molar-refractivity contribution in [1.82, 2.24) is 19.6 Å². The molecular weight excluding hydrogens is 365 g/mol. The molecule has 5 nitrogen and oxygen atoms in total. The Bertz CT molecular complexity index is 1080. The van der Waals surface area contributed by atoms with Crippen molar-refractivity contribution in [3.63, 3.8) is 0 Å². The van der Waals surface area contributed by atoms with E-state index in [2.05, 4.69) is 10.3 Å². The van der Waals surface area contributed by atoms with Gasteiger partial charge in [-0.05, 0) is 87.8 Å². The van der Waals surface area contributed by atoms with Crippen molar-refractivity contribution >= 4 is 17.3 Å². The maximum atomic E-state index is 14.0. The van der Waals surface area contributed by atoms with Crippen LogP contribution in [0.15, 0.2) is 24.3 Å². The van der Waals surface area contributed by atoms with Crippen LogP contribution in [0.25, 0.3) is 5.78 Å². The van der Waals surface area contributed by atoms with E-state index >= 15 is 0 Å². The zero-order valence-electron chi connectivity index (χ0n) is 17.0. The zero-order chi connectivity index (χ0) is 19.8. The fourth-order valence-electron chi connectivity index (χ4n) is 6.50. The van der Waals surface area contributed by atoms with Crippen molar-refractivity contribution in [2.24, 2.45) is 17.8 Å². The number of halogens is 1. The number of nitrogens with one attached hydrogen (secondary N) is 1. The summed E-state index contributed by atoms with van der Waals surface area (Å²) in [7, 11) is 0. The van der Waals surface area contributed by atoms with Crippen molar-refractivity contribution in [3.8, 4) is 0 Å². The van der Waals surface area contributed by atoms with E-state index in [1.54, 1.807) is 17.5 Å². The maximum Gasteiger partial charge on any atom is 0.254 e. The van der Waals surface area contributed by atoms with E-state index in [-0.39, 0.29) is 11.2 Å². The second-order valence-corrected chi connectivity index (χ2v) is 9.72. The number of benzene rings is 1. The van der Waals surface area contributed by atoms with Crippen molar-refractivity contribution in [3.05, 3.63) is 47.2 Å².